The van der Waals surface area contributed by atoms with Gasteiger partial charge in [0.1, 0.15) is 0 Å². The Labute approximate surface area is 118 Å². The molecule has 112 valence electrons. The van der Waals surface area contributed by atoms with Gasteiger partial charge in [0.05, 0.1) is 0 Å². The van der Waals surface area contributed by atoms with E-state index in [1.54, 1.807) is 0 Å². The minimum atomic E-state index is 0.238. The van der Waals surface area contributed by atoms with Gasteiger partial charge in [-0.3, -0.25) is 4.79 Å². The number of carbonyl (C=O) groups is 1. The molecular weight excluding hydrogens is 238 g/mol. The summed E-state index contributed by atoms with van der Waals surface area (Å²) in [6.07, 6.45) is 2.65. The number of piperazine rings is 1. The Morgan fingerprint density at radius 3 is 2.21 bits per heavy atom. The van der Waals surface area contributed by atoms with Crippen LogP contribution in [-0.4, -0.2) is 55.5 Å². The minimum Gasteiger partial charge on any atom is -0.340 e. The standard InChI is InChI=1S/C15H31N3O/c1-15(2,3)13(7-8-16)5-6-14(19)18-11-9-17(4)10-12-18/h13H,5-12,16H2,1-4H3. The molecule has 0 spiro atoms. The van der Waals surface area contributed by atoms with Crippen molar-refractivity contribution in [1.82, 2.24) is 9.80 Å². The first-order valence-corrected chi connectivity index (χ1v) is 7.51. The Morgan fingerprint density at radius 1 is 1.16 bits per heavy atom. The average molecular weight is 269 g/mol. The first kappa shape index (κ1) is 16.4. The fourth-order valence-corrected chi connectivity index (χ4v) is 2.72. The Morgan fingerprint density at radius 2 is 1.74 bits per heavy atom. The second kappa shape index (κ2) is 7.25. The molecule has 1 amide bonds. The molecule has 0 bridgehead atoms. The van der Waals surface area contributed by atoms with Gasteiger partial charge < -0.3 is 15.5 Å². The van der Waals surface area contributed by atoms with Gasteiger partial charge in [-0.05, 0) is 37.8 Å². The van der Waals surface area contributed by atoms with Gasteiger partial charge in [0.25, 0.3) is 0 Å². The van der Waals surface area contributed by atoms with Crippen LogP contribution in [0.4, 0.5) is 0 Å². The molecule has 1 aliphatic rings. The molecule has 0 aromatic rings. The van der Waals surface area contributed by atoms with Gasteiger partial charge in [0, 0.05) is 32.6 Å². The highest BCUT2D eigenvalue weighted by Crippen LogP contribution is 2.32. The molecule has 1 heterocycles. The number of likely N-dealkylation sites (N-methyl/N-ethyl adjacent to an activating group) is 1. The number of hydrogen-bond acceptors (Lipinski definition) is 3. The van der Waals surface area contributed by atoms with Crippen LogP contribution in [-0.2, 0) is 4.79 Å². The zero-order chi connectivity index (χ0) is 14.5. The van der Waals surface area contributed by atoms with E-state index in [0.717, 1.165) is 39.0 Å². The highest BCUT2D eigenvalue weighted by Gasteiger charge is 2.26. The molecule has 0 aliphatic carbocycles. The highest BCUT2D eigenvalue weighted by molar-refractivity contribution is 5.76. The molecule has 0 radical (unpaired) electrons. The van der Waals surface area contributed by atoms with Crippen LogP contribution in [0.25, 0.3) is 0 Å². The number of rotatable bonds is 5. The summed E-state index contributed by atoms with van der Waals surface area (Å²) >= 11 is 0. The van der Waals surface area contributed by atoms with Gasteiger partial charge in [-0.15, -0.1) is 0 Å². The summed E-state index contributed by atoms with van der Waals surface area (Å²) in [5.41, 5.74) is 5.93. The van der Waals surface area contributed by atoms with Gasteiger partial charge in [-0.1, -0.05) is 20.8 Å². The van der Waals surface area contributed by atoms with E-state index in [-0.39, 0.29) is 5.41 Å². The third-order valence-electron chi connectivity index (χ3n) is 4.30. The Hall–Kier alpha value is -0.610. The summed E-state index contributed by atoms with van der Waals surface area (Å²) in [7, 11) is 2.11. The van der Waals surface area contributed by atoms with Gasteiger partial charge in [-0.2, -0.15) is 0 Å². The molecule has 1 aliphatic heterocycles. The highest BCUT2D eigenvalue weighted by atomic mass is 16.2. The van der Waals surface area contributed by atoms with Crippen LogP contribution in [0, 0.1) is 11.3 Å². The lowest BCUT2D eigenvalue weighted by molar-refractivity contribution is -0.133. The van der Waals surface area contributed by atoms with Crippen molar-refractivity contribution in [3.8, 4) is 0 Å². The zero-order valence-electron chi connectivity index (χ0n) is 13.1. The van der Waals surface area contributed by atoms with E-state index < -0.39 is 0 Å². The topological polar surface area (TPSA) is 49.6 Å². The van der Waals surface area contributed by atoms with Crippen molar-refractivity contribution in [2.45, 2.75) is 40.0 Å². The molecule has 0 saturated carbocycles. The molecule has 1 atom stereocenters. The normalized spacial score (nSPS) is 19.5. The summed E-state index contributed by atoms with van der Waals surface area (Å²) in [6, 6.07) is 0. The fourth-order valence-electron chi connectivity index (χ4n) is 2.72. The van der Waals surface area contributed by atoms with Crippen LogP contribution >= 0.6 is 0 Å². The quantitative estimate of drug-likeness (QED) is 0.824. The molecule has 19 heavy (non-hydrogen) atoms. The van der Waals surface area contributed by atoms with Crippen LogP contribution in [0.2, 0.25) is 0 Å². The van der Waals surface area contributed by atoms with Crippen LogP contribution in [0.5, 0.6) is 0 Å². The molecule has 0 aromatic carbocycles. The lowest BCUT2D eigenvalue weighted by Gasteiger charge is -2.34. The SMILES string of the molecule is CN1CCN(C(=O)CCC(CCN)C(C)(C)C)CC1. The number of carbonyl (C=O) groups excluding carboxylic acids is 1. The van der Waals surface area contributed by atoms with E-state index in [9.17, 15) is 4.79 Å². The van der Waals surface area contributed by atoms with Gasteiger partial charge in [0.2, 0.25) is 5.91 Å². The number of nitrogens with two attached hydrogens (primary N) is 1. The van der Waals surface area contributed by atoms with Gasteiger partial charge in [0.15, 0.2) is 0 Å². The zero-order valence-corrected chi connectivity index (χ0v) is 13.1. The summed E-state index contributed by atoms with van der Waals surface area (Å²) < 4.78 is 0. The van der Waals surface area contributed by atoms with Crippen LogP contribution < -0.4 is 5.73 Å². The van der Waals surface area contributed by atoms with E-state index in [4.69, 9.17) is 5.73 Å². The number of nitrogens with zero attached hydrogens (tertiary/aromatic N) is 2. The third kappa shape index (κ3) is 5.49. The maximum atomic E-state index is 12.2. The second-order valence-corrected chi connectivity index (χ2v) is 6.86. The molecule has 4 nitrogen and oxygen atoms in total. The molecule has 0 aromatic heterocycles. The second-order valence-electron chi connectivity index (χ2n) is 6.86. The van der Waals surface area contributed by atoms with Crippen molar-refractivity contribution >= 4 is 5.91 Å². The largest absolute Gasteiger partial charge is 0.340 e. The first-order valence-electron chi connectivity index (χ1n) is 7.51. The van der Waals surface area contributed by atoms with Crippen molar-refractivity contribution in [2.75, 3.05) is 39.8 Å². The van der Waals surface area contributed by atoms with Crippen molar-refractivity contribution in [3.05, 3.63) is 0 Å². The summed E-state index contributed by atoms with van der Waals surface area (Å²) in [5.74, 6) is 0.855. The Kier molecular flexibility index (Phi) is 6.27. The molecule has 1 saturated heterocycles. The third-order valence-corrected chi connectivity index (χ3v) is 4.30. The minimum absolute atomic E-state index is 0.238. The smallest absolute Gasteiger partial charge is 0.222 e. The van der Waals surface area contributed by atoms with E-state index >= 15 is 0 Å². The maximum Gasteiger partial charge on any atom is 0.222 e. The molecule has 4 heteroatoms. The van der Waals surface area contributed by atoms with Crippen LogP contribution in [0.1, 0.15) is 40.0 Å². The molecule has 1 fully saturated rings. The fraction of sp³-hybridized carbons (Fsp3) is 0.933. The van der Waals surface area contributed by atoms with Crippen LogP contribution in [0.15, 0.2) is 0 Å². The average Bonchev–Trinajstić information content (AvgIpc) is 2.33. The monoisotopic (exact) mass is 269 g/mol. The van der Waals surface area contributed by atoms with E-state index in [2.05, 4.69) is 32.7 Å². The maximum absolute atomic E-state index is 12.2. The Bertz CT molecular complexity index is 278. The van der Waals surface area contributed by atoms with E-state index in [0.29, 0.717) is 24.8 Å². The summed E-state index contributed by atoms with van der Waals surface area (Å²) in [4.78, 5) is 16.5. The number of hydrogen-bond donors (Lipinski definition) is 1. The Balaban J connectivity index is 2.39. The van der Waals surface area contributed by atoms with E-state index in [1.165, 1.54) is 0 Å². The summed E-state index contributed by atoms with van der Waals surface area (Å²) in [5, 5.41) is 0. The lowest BCUT2D eigenvalue weighted by Crippen LogP contribution is -2.47. The van der Waals surface area contributed by atoms with Crippen molar-refractivity contribution < 1.29 is 4.79 Å². The predicted octanol–water partition coefficient (Wildman–Crippen LogP) is 1.55. The molecular formula is C15H31N3O. The predicted molar refractivity (Wildman–Crippen MR) is 79.9 cm³/mol. The van der Waals surface area contributed by atoms with Crippen LogP contribution in [0.3, 0.4) is 0 Å². The molecule has 2 N–H and O–H groups in total. The molecule has 1 rings (SSSR count). The first-order chi connectivity index (χ1) is 8.84. The van der Waals surface area contributed by atoms with Crippen molar-refractivity contribution in [2.24, 2.45) is 17.1 Å². The number of amides is 1. The lowest BCUT2D eigenvalue weighted by atomic mass is 9.76. The van der Waals surface area contributed by atoms with E-state index in [1.807, 2.05) is 4.90 Å². The van der Waals surface area contributed by atoms with Crippen molar-refractivity contribution in [1.29, 1.82) is 0 Å². The summed E-state index contributed by atoms with van der Waals surface area (Å²) in [6.45, 7) is 11.2. The van der Waals surface area contributed by atoms with Gasteiger partial charge in [-0.25, -0.2) is 0 Å². The van der Waals surface area contributed by atoms with Crippen molar-refractivity contribution in [3.63, 3.8) is 0 Å². The van der Waals surface area contributed by atoms with Gasteiger partial charge >= 0.3 is 0 Å². The molecule has 1 unspecified atom stereocenters.